The fraction of sp³-hybridized carbons (Fsp3) is 0.682. The second-order valence-electron chi connectivity index (χ2n) is 8.30. The molecule has 150 valence electrons. The Labute approximate surface area is 163 Å². The first-order chi connectivity index (χ1) is 13.1. The molecular formula is C22H35N2O3+. The highest BCUT2D eigenvalue weighted by atomic mass is 16.5. The lowest BCUT2D eigenvalue weighted by atomic mass is 9.79. The second kappa shape index (κ2) is 9.67. The summed E-state index contributed by atoms with van der Waals surface area (Å²) in [5, 5.41) is 3.24. The zero-order valence-corrected chi connectivity index (χ0v) is 16.9. The Morgan fingerprint density at radius 3 is 2.44 bits per heavy atom. The summed E-state index contributed by atoms with van der Waals surface area (Å²) in [5.41, 5.74) is 2.01. The highest BCUT2D eigenvalue weighted by Crippen LogP contribution is 2.25. The number of nitrogens with one attached hydrogen (secondary N) is 2. The third-order valence-corrected chi connectivity index (χ3v) is 6.04. The molecule has 0 unspecified atom stereocenters. The van der Waals surface area contributed by atoms with Crippen molar-refractivity contribution in [2.24, 2.45) is 0 Å². The monoisotopic (exact) mass is 375 g/mol. The Kier molecular flexibility index (Phi) is 7.27. The van der Waals surface area contributed by atoms with Gasteiger partial charge in [0.1, 0.15) is 18.6 Å². The van der Waals surface area contributed by atoms with Crippen molar-refractivity contribution in [3.63, 3.8) is 0 Å². The van der Waals surface area contributed by atoms with E-state index in [1.165, 1.54) is 32.1 Å². The van der Waals surface area contributed by atoms with Gasteiger partial charge in [0.25, 0.3) is 5.91 Å². The van der Waals surface area contributed by atoms with Crippen LogP contribution in [0.3, 0.4) is 0 Å². The highest BCUT2D eigenvalue weighted by molar-refractivity contribution is 5.94. The van der Waals surface area contributed by atoms with Gasteiger partial charge in [-0.15, -0.1) is 0 Å². The Hall–Kier alpha value is -1.43. The fourth-order valence-corrected chi connectivity index (χ4v) is 4.40. The van der Waals surface area contributed by atoms with Gasteiger partial charge in [-0.1, -0.05) is 18.6 Å². The minimum absolute atomic E-state index is 0.0314. The number of hydrogen-bond donors (Lipinski definition) is 2. The number of amides is 1. The summed E-state index contributed by atoms with van der Waals surface area (Å²) in [4.78, 5) is 14.3. The lowest BCUT2D eigenvalue weighted by Crippen LogP contribution is -3.23. The van der Waals surface area contributed by atoms with E-state index in [1.54, 1.807) is 4.90 Å². The van der Waals surface area contributed by atoms with Crippen molar-refractivity contribution in [1.82, 2.24) is 5.32 Å². The van der Waals surface area contributed by atoms with E-state index >= 15 is 0 Å². The van der Waals surface area contributed by atoms with Crippen LogP contribution >= 0.6 is 0 Å². The topological polar surface area (TPSA) is 52.0 Å². The van der Waals surface area contributed by atoms with Crippen molar-refractivity contribution in [3.8, 4) is 0 Å². The molecule has 1 aromatic rings. The summed E-state index contributed by atoms with van der Waals surface area (Å²) >= 11 is 0. The molecule has 3 rings (SSSR count). The molecule has 1 aliphatic carbocycles. The highest BCUT2D eigenvalue weighted by Gasteiger charge is 2.42. The molecule has 2 aliphatic rings. The van der Waals surface area contributed by atoms with E-state index in [-0.39, 0.29) is 17.6 Å². The van der Waals surface area contributed by atoms with E-state index < -0.39 is 0 Å². The van der Waals surface area contributed by atoms with Gasteiger partial charge in [-0.05, 0) is 44.4 Å². The number of morpholine rings is 1. The van der Waals surface area contributed by atoms with Crippen LogP contribution in [0, 0.1) is 0 Å². The van der Waals surface area contributed by atoms with Crippen molar-refractivity contribution in [1.29, 1.82) is 0 Å². The maximum absolute atomic E-state index is 12.7. The Balaban J connectivity index is 1.58. The SMILES string of the molecule is CC(C)OCc1ccc(C(=O)NCC2([NH+]3CCOCC3)CCCCC2)cc1. The maximum atomic E-state index is 12.7. The number of benzene rings is 1. The molecule has 1 aliphatic heterocycles. The number of carbonyl (C=O) groups excluding carboxylic acids is 1. The average molecular weight is 376 g/mol. The van der Waals surface area contributed by atoms with Crippen molar-refractivity contribution in [2.75, 3.05) is 32.8 Å². The average Bonchev–Trinajstić information content (AvgIpc) is 2.72. The van der Waals surface area contributed by atoms with Crippen molar-refractivity contribution in [2.45, 2.75) is 64.2 Å². The van der Waals surface area contributed by atoms with Gasteiger partial charge in [0.05, 0.1) is 32.5 Å². The molecule has 27 heavy (non-hydrogen) atoms. The molecule has 2 fully saturated rings. The van der Waals surface area contributed by atoms with Crippen LogP contribution in [0.5, 0.6) is 0 Å². The molecule has 1 heterocycles. The molecule has 5 nitrogen and oxygen atoms in total. The summed E-state index contributed by atoms with van der Waals surface area (Å²) < 4.78 is 11.2. The number of quaternary nitrogens is 1. The predicted octanol–water partition coefficient (Wildman–Crippen LogP) is 1.96. The van der Waals surface area contributed by atoms with Gasteiger partial charge in [0.2, 0.25) is 0 Å². The van der Waals surface area contributed by atoms with Gasteiger partial charge in [-0.3, -0.25) is 4.79 Å². The zero-order valence-electron chi connectivity index (χ0n) is 16.9. The summed E-state index contributed by atoms with van der Waals surface area (Å²) in [5.74, 6) is 0.0314. The van der Waals surface area contributed by atoms with Crippen LogP contribution < -0.4 is 10.2 Å². The third-order valence-electron chi connectivity index (χ3n) is 6.04. The number of hydrogen-bond acceptors (Lipinski definition) is 3. The van der Waals surface area contributed by atoms with Gasteiger partial charge in [0.15, 0.2) is 0 Å². The van der Waals surface area contributed by atoms with Crippen LogP contribution in [0.2, 0.25) is 0 Å². The van der Waals surface area contributed by atoms with Crippen molar-refractivity contribution in [3.05, 3.63) is 35.4 Å². The predicted molar refractivity (Wildman–Crippen MR) is 106 cm³/mol. The van der Waals surface area contributed by atoms with Gasteiger partial charge in [-0.25, -0.2) is 0 Å². The molecule has 0 atom stereocenters. The number of ether oxygens (including phenoxy) is 2. The van der Waals surface area contributed by atoms with E-state index in [1.807, 2.05) is 38.1 Å². The van der Waals surface area contributed by atoms with Gasteiger partial charge in [-0.2, -0.15) is 0 Å². The van der Waals surface area contributed by atoms with Crippen LogP contribution in [-0.2, 0) is 16.1 Å². The fourth-order valence-electron chi connectivity index (χ4n) is 4.40. The van der Waals surface area contributed by atoms with Gasteiger partial charge in [0, 0.05) is 18.4 Å². The molecule has 0 aromatic heterocycles. The summed E-state index contributed by atoms with van der Waals surface area (Å²) in [6.45, 7) is 9.19. The summed E-state index contributed by atoms with van der Waals surface area (Å²) in [6, 6.07) is 7.79. The standard InChI is InChI=1S/C22H34N2O3/c1-18(2)27-16-19-6-8-20(9-7-19)21(25)23-17-22(10-4-3-5-11-22)24-12-14-26-15-13-24/h6-9,18H,3-5,10-17H2,1-2H3,(H,23,25)/p+1. The number of rotatable bonds is 7. The van der Waals surface area contributed by atoms with Crippen LogP contribution in [0.4, 0.5) is 0 Å². The first kappa shape index (κ1) is 20.3. The molecule has 1 saturated carbocycles. The van der Waals surface area contributed by atoms with E-state index in [0.29, 0.717) is 6.61 Å². The normalized spacial score (nSPS) is 20.6. The second-order valence-corrected chi connectivity index (χ2v) is 8.30. The number of carbonyl (C=O) groups is 1. The maximum Gasteiger partial charge on any atom is 0.251 e. The third kappa shape index (κ3) is 5.53. The van der Waals surface area contributed by atoms with Crippen molar-refractivity contribution >= 4 is 5.91 Å². The molecule has 2 N–H and O–H groups in total. The lowest BCUT2D eigenvalue weighted by Gasteiger charge is -2.45. The molecule has 0 radical (unpaired) electrons. The van der Waals surface area contributed by atoms with Crippen LogP contribution in [0.1, 0.15) is 61.9 Å². The Morgan fingerprint density at radius 1 is 1.15 bits per heavy atom. The van der Waals surface area contributed by atoms with E-state index in [0.717, 1.165) is 44.0 Å². The van der Waals surface area contributed by atoms with Crippen LogP contribution in [0.15, 0.2) is 24.3 Å². The van der Waals surface area contributed by atoms with Crippen molar-refractivity contribution < 1.29 is 19.2 Å². The smallest absolute Gasteiger partial charge is 0.251 e. The molecule has 1 amide bonds. The van der Waals surface area contributed by atoms with Crippen LogP contribution in [0.25, 0.3) is 0 Å². The van der Waals surface area contributed by atoms with Gasteiger partial charge >= 0.3 is 0 Å². The lowest BCUT2D eigenvalue weighted by molar-refractivity contribution is -0.960. The van der Waals surface area contributed by atoms with E-state index in [4.69, 9.17) is 9.47 Å². The van der Waals surface area contributed by atoms with E-state index in [2.05, 4.69) is 5.32 Å². The molecule has 1 saturated heterocycles. The van der Waals surface area contributed by atoms with Crippen LogP contribution in [-0.4, -0.2) is 50.4 Å². The minimum Gasteiger partial charge on any atom is -0.374 e. The Bertz CT molecular complexity index is 588. The molecular weight excluding hydrogens is 340 g/mol. The Morgan fingerprint density at radius 2 is 1.81 bits per heavy atom. The molecule has 0 spiro atoms. The first-order valence-electron chi connectivity index (χ1n) is 10.5. The molecule has 1 aromatic carbocycles. The largest absolute Gasteiger partial charge is 0.374 e. The zero-order chi connectivity index (χ0) is 19.1. The summed E-state index contributed by atoms with van der Waals surface area (Å²) in [6.07, 6.45) is 6.47. The van der Waals surface area contributed by atoms with Gasteiger partial charge < -0.3 is 19.7 Å². The molecule has 5 heteroatoms. The summed E-state index contributed by atoms with van der Waals surface area (Å²) in [7, 11) is 0. The first-order valence-corrected chi connectivity index (χ1v) is 10.5. The van der Waals surface area contributed by atoms with E-state index in [9.17, 15) is 4.79 Å². The molecule has 0 bridgehead atoms. The minimum atomic E-state index is 0.0314. The quantitative estimate of drug-likeness (QED) is 0.766.